The smallest absolute Gasteiger partial charge is 0.191 e. The highest BCUT2D eigenvalue weighted by atomic mass is 16.5. The van der Waals surface area contributed by atoms with E-state index >= 15 is 0 Å². The summed E-state index contributed by atoms with van der Waals surface area (Å²) in [5, 5.41) is 11.1. The van der Waals surface area contributed by atoms with Crippen LogP contribution in [-0.4, -0.2) is 48.1 Å². The molecule has 2 N–H and O–H groups in total. The van der Waals surface area contributed by atoms with Crippen LogP contribution in [0.1, 0.15) is 32.8 Å². The van der Waals surface area contributed by atoms with Crippen molar-refractivity contribution in [3.63, 3.8) is 0 Å². The molecule has 0 bridgehead atoms. The number of aliphatic imine (C=N–C) groups is 1. The van der Waals surface area contributed by atoms with Gasteiger partial charge < -0.3 is 15.4 Å². The molecule has 2 rings (SSSR count). The van der Waals surface area contributed by atoms with Gasteiger partial charge in [0.1, 0.15) is 0 Å². The maximum absolute atomic E-state index is 5.66. The first kappa shape index (κ1) is 16.8. The number of methoxy groups -OCH3 is 1. The van der Waals surface area contributed by atoms with E-state index in [4.69, 9.17) is 4.74 Å². The fourth-order valence-electron chi connectivity index (χ4n) is 2.96. The number of nitrogens with one attached hydrogen (secondary N) is 2. The second kappa shape index (κ2) is 6.28. The molecule has 1 aromatic heterocycles. The van der Waals surface area contributed by atoms with Crippen LogP contribution in [0.2, 0.25) is 0 Å². The number of ether oxygens (including phenoxy) is 1. The number of hydrogen-bond donors (Lipinski definition) is 2. The summed E-state index contributed by atoms with van der Waals surface area (Å²) < 4.78 is 7.60. The molecule has 1 aromatic rings. The molecule has 0 aliphatic heterocycles. The van der Waals surface area contributed by atoms with Gasteiger partial charge in [-0.05, 0) is 25.8 Å². The van der Waals surface area contributed by atoms with Crippen molar-refractivity contribution in [1.29, 1.82) is 0 Å². The van der Waals surface area contributed by atoms with E-state index in [0.717, 1.165) is 25.5 Å². The summed E-state index contributed by atoms with van der Waals surface area (Å²) in [5.41, 5.74) is 1.17. The summed E-state index contributed by atoms with van der Waals surface area (Å²) in [5.74, 6) is 0.833. The monoisotopic (exact) mass is 307 g/mol. The summed E-state index contributed by atoms with van der Waals surface area (Å²) in [4.78, 5) is 4.31. The second-order valence-electron chi connectivity index (χ2n) is 6.84. The third-order valence-corrected chi connectivity index (χ3v) is 5.21. The first-order valence-corrected chi connectivity index (χ1v) is 7.84. The van der Waals surface area contributed by atoms with Crippen molar-refractivity contribution in [3.05, 3.63) is 18.0 Å². The van der Waals surface area contributed by atoms with Gasteiger partial charge in [0.2, 0.25) is 0 Å². The van der Waals surface area contributed by atoms with Crippen LogP contribution in [0.3, 0.4) is 0 Å². The lowest BCUT2D eigenvalue weighted by atomic mass is 9.56. The van der Waals surface area contributed by atoms with Crippen molar-refractivity contribution in [2.75, 3.05) is 20.7 Å². The highest BCUT2D eigenvalue weighted by molar-refractivity contribution is 5.80. The van der Waals surface area contributed by atoms with Crippen LogP contribution in [0.5, 0.6) is 0 Å². The molecule has 0 saturated heterocycles. The minimum Gasteiger partial charge on any atom is -0.378 e. The molecular weight excluding hydrogens is 278 g/mol. The number of aryl methyl sites for hydroxylation is 1. The van der Waals surface area contributed by atoms with Crippen LogP contribution in [0.15, 0.2) is 17.4 Å². The molecule has 1 heterocycles. The van der Waals surface area contributed by atoms with Gasteiger partial charge in [-0.25, -0.2) is 0 Å². The maximum atomic E-state index is 5.66. The number of guanidine groups is 1. The van der Waals surface area contributed by atoms with E-state index in [1.807, 2.05) is 24.0 Å². The van der Waals surface area contributed by atoms with E-state index in [9.17, 15) is 0 Å². The molecule has 1 aliphatic rings. The molecule has 6 heteroatoms. The van der Waals surface area contributed by atoms with Gasteiger partial charge in [0.15, 0.2) is 5.96 Å². The Morgan fingerprint density at radius 1 is 1.50 bits per heavy atom. The van der Waals surface area contributed by atoms with Gasteiger partial charge >= 0.3 is 0 Å². The van der Waals surface area contributed by atoms with Crippen molar-refractivity contribution >= 4 is 5.96 Å². The lowest BCUT2D eigenvalue weighted by Crippen LogP contribution is -2.69. The summed E-state index contributed by atoms with van der Waals surface area (Å²) >= 11 is 0. The highest BCUT2D eigenvalue weighted by Gasteiger charge is 2.57. The Morgan fingerprint density at radius 3 is 2.73 bits per heavy atom. The zero-order chi connectivity index (χ0) is 16.4. The van der Waals surface area contributed by atoms with Crippen molar-refractivity contribution < 1.29 is 4.74 Å². The fourth-order valence-corrected chi connectivity index (χ4v) is 2.96. The molecule has 0 aromatic carbocycles. The Balaban J connectivity index is 1.81. The molecule has 2 unspecified atom stereocenters. The molecule has 0 radical (unpaired) electrons. The van der Waals surface area contributed by atoms with Gasteiger partial charge in [-0.15, -0.1) is 0 Å². The summed E-state index contributed by atoms with van der Waals surface area (Å²) in [7, 11) is 3.59. The predicted octanol–water partition coefficient (Wildman–Crippen LogP) is 1.56. The average Bonchev–Trinajstić information content (AvgIpc) is 2.90. The van der Waals surface area contributed by atoms with Gasteiger partial charge in [0.25, 0.3) is 0 Å². The minimum absolute atomic E-state index is 0.0679. The predicted molar refractivity (Wildman–Crippen MR) is 89.1 cm³/mol. The molecule has 6 nitrogen and oxygen atoms in total. The summed E-state index contributed by atoms with van der Waals surface area (Å²) in [6, 6.07) is 0.357. The number of hydrogen-bond acceptors (Lipinski definition) is 3. The van der Waals surface area contributed by atoms with E-state index < -0.39 is 0 Å². The number of nitrogens with zero attached hydrogens (tertiary/aromatic N) is 3. The van der Waals surface area contributed by atoms with Gasteiger partial charge in [0.05, 0.1) is 18.3 Å². The van der Waals surface area contributed by atoms with Gasteiger partial charge in [-0.1, -0.05) is 13.8 Å². The maximum Gasteiger partial charge on any atom is 0.191 e. The highest BCUT2D eigenvalue weighted by Crippen LogP contribution is 2.51. The second-order valence-corrected chi connectivity index (χ2v) is 6.84. The van der Waals surface area contributed by atoms with Crippen LogP contribution >= 0.6 is 0 Å². The van der Waals surface area contributed by atoms with E-state index in [2.05, 4.69) is 41.5 Å². The van der Waals surface area contributed by atoms with Crippen molar-refractivity contribution in [1.82, 2.24) is 20.4 Å². The molecule has 22 heavy (non-hydrogen) atoms. The van der Waals surface area contributed by atoms with E-state index in [1.54, 1.807) is 14.2 Å². The fraction of sp³-hybridized carbons (Fsp3) is 0.750. The Kier molecular flexibility index (Phi) is 4.80. The van der Waals surface area contributed by atoms with Crippen LogP contribution in [0.4, 0.5) is 0 Å². The van der Waals surface area contributed by atoms with Crippen molar-refractivity contribution in [2.45, 2.75) is 52.3 Å². The zero-order valence-electron chi connectivity index (χ0n) is 14.6. The quantitative estimate of drug-likeness (QED) is 0.640. The number of rotatable bonds is 5. The Bertz CT molecular complexity index is 536. The van der Waals surface area contributed by atoms with E-state index in [-0.39, 0.29) is 11.0 Å². The molecule has 0 spiro atoms. The molecular formula is C16H29N5O. The van der Waals surface area contributed by atoms with Crippen molar-refractivity contribution in [3.8, 4) is 0 Å². The Labute approximate surface area is 133 Å². The molecule has 1 aliphatic carbocycles. The topological polar surface area (TPSA) is 63.5 Å². The van der Waals surface area contributed by atoms with Crippen LogP contribution in [0, 0.1) is 12.3 Å². The molecule has 124 valence electrons. The average molecular weight is 307 g/mol. The largest absolute Gasteiger partial charge is 0.378 e. The van der Waals surface area contributed by atoms with Crippen LogP contribution in [-0.2, 0) is 11.3 Å². The van der Waals surface area contributed by atoms with Crippen LogP contribution in [0.25, 0.3) is 0 Å². The van der Waals surface area contributed by atoms with E-state index in [0.29, 0.717) is 6.04 Å². The molecule has 0 amide bonds. The Morgan fingerprint density at radius 2 is 2.23 bits per heavy atom. The normalized spacial score (nSPS) is 27.4. The van der Waals surface area contributed by atoms with Crippen molar-refractivity contribution in [2.24, 2.45) is 10.4 Å². The molecule has 1 fully saturated rings. The molecule has 2 atom stereocenters. The van der Waals surface area contributed by atoms with Gasteiger partial charge in [0, 0.05) is 38.4 Å². The van der Waals surface area contributed by atoms with Gasteiger partial charge in [-0.3, -0.25) is 9.67 Å². The van der Waals surface area contributed by atoms with Gasteiger partial charge in [-0.2, -0.15) is 5.10 Å². The SMILES string of the molecule is CN=C(NCCn1cc(C)cn1)NC1CC(C)(OC)C1(C)C. The summed E-state index contributed by atoms with van der Waals surface area (Å²) in [6.45, 7) is 10.3. The Hall–Kier alpha value is -1.56. The third-order valence-electron chi connectivity index (χ3n) is 5.21. The molecule has 1 saturated carbocycles. The lowest BCUT2D eigenvalue weighted by Gasteiger charge is -2.59. The zero-order valence-corrected chi connectivity index (χ0v) is 14.6. The summed E-state index contributed by atoms with van der Waals surface area (Å²) in [6.07, 6.45) is 4.89. The van der Waals surface area contributed by atoms with E-state index in [1.165, 1.54) is 5.56 Å². The minimum atomic E-state index is -0.0733. The van der Waals surface area contributed by atoms with Crippen LogP contribution < -0.4 is 10.6 Å². The third kappa shape index (κ3) is 3.11. The lowest BCUT2D eigenvalue weighted by molar-refractivity contribution is -0.176. The number of aromatic nitrogens is 2. The first-order chi connectivity index (χ1) is 10.3. The first-order valence-electron chi connectivity index (χ1n) is 7.84. The standard InChI is InChI=1S/C16H29N5O/c1-12-10-19-21(11-12)8-7-18-14(17-5)20-13-9-16(4,22-6)15(13,2)3/h10-11,13H,7-9H2,1-6H3,(H2,17,18,20).